The minimum absolute atomic E-state index is 0.232. The number of likely N-dealkylation sites (tertiary alicyclic amines) is 1. The normalized spacial score (nSPS) is 26.1. The van der Waals surface area contributed by atoms with Crippen LogP contribution in [-0.2, 0) is 0 Å². The molecule has 2 N–H and O–H groups in total. The van der Waals surface area contributed by atoms with Crippen molar-refractivity contribution >= 4 is 0 Å². The second-order valence-electron chi connectivity index (χ2n) is 6.29. The summed E-state index contributed by atoms with van der Waals surface area (Å²) in [7, 11) is 6.55. The van der Waals surface area contributed by atoms with Crippen molar-refractivity contribution in [3.63, 3.8) is 0 Å². The molecule has 0 aliphatic carbocycles. The summed E-state index contributed by atoms with van der Waals surface area (Å²) < 4.78 is 0. The molecule has 1 fully saturated rings. The summed E-state index contributed by atoms with van der Waals surface area (Å²) in [4.78, 5) is 7.36. The Hall–Kier alpha value is -0.160. The molecule has 1 rings (SSSR count). The molecule has 1 unspecified atom stereocenters. The molecule has 0 aromatic heterocycles. The zero-order valence-corrected chi connectivity index (χ0v) is 13.5. The second-order valence-corrected chi connectivity index (χ2v) is 6.29. The van der Waals surface area contributed by atoms with E-state index in [9.17, 15) is 0 Å². The van der Waals surface area contributed by atoms with Crippen molar-refractivity contribution in [1.82, 2.24) is 14.7 Å². The largest absolute Gasteiger partial charge is 0.329 e. The van der Waals surface area contributed by atoms with Gasteiger partial charge in [-0.1, -0.05) is 6.92 Å². The zero-order valence-electron chi connectivity index (χ0n) is 13.5. The smallest absolute Gasteiger partial charge is 0.0341 e. The minimum atomic E-state index is 0.232. The Balaban J connectivity index is 2.53. The Morgan fingerprint density at radius 1 is 1.11 bits per heavy atom. The maximum absolute atomic E-state index is 6.16. The molecule has 114 valence electrons. The first kappa shape index (κ1) is 16.9. The van der Waals surface area contributed by atoms with Crippen LogP contribution in [0.2, 0.25) is 0 Å². The quantitative estimate of drug-likeness (QED) is 0.751. The fourth-order valence-electron chi connectivity index (χ4n) is 3.15. The summed E-state index contributed by atoms with van der Waals surface area (Å²) in [6.07, 6.45) is 4.97. The topological polar surface area (TPSA) is 35.7 Å². The summed E-state index contributed by atoms with van der Waals surface area (Å²) in [5, 5.41) is 0. The van der Waals surface area contributed by atoms with Gasteiger partial charge < -0.3 is 15.5 Å². The van der Waals surface area contributed by atoms with Crippen LogP contribution in [0, 0.1) is 0 Å². The van der Waals surface area contributed by atoms with Crippen molar-refractivity contribution in [3.05, 3.63) is 0 Å². The van der Waals surface area contributed by atoms with Gasteiger partial charge in [0.1, 0.15) is 0 Å². The van der Waals surface area contributed by atoms with E-state index in [1.807, 2.05) is 0 Å². The van der Waals surface area contributed by atoms with Crippen LogP contribution in [0.3, 0.4) is 0 Å². The first-order chi connectivity index (χ1) is 9.04. The van der Waals surface area contributed by atoms with Gasteiger partial charge in [-0.05, 0) is 79.6 Å². The van der Waals surface area contributed by atoms with E-state index in [0.29, 0.717) is 0 Å². The maximum Gasteiger partial charge on any atom is 0.0341 e. The zero-order chi connectivity index (χ0) is 14.3. The molecule has 0 saturated carbocycles. The summed E-state index contributed by atoms with van der Waals surface area (Å²) in [5.74, 6) is 0. The van der Waals surface area contributed by atoms with E-state index in [1.165, 1.54) is 45.3 Å². The van der Waals surface area contributed by atoms with Crippen molar-refractivity contribution in [2.24, 2.45) is 5.73 Å². The lowest BCUT2D eigenvalue weighted by atomic mass is 9.88. The van der Waals surface area contributed by atoms with E-state index in [1.54, 1.807) is 0 Å². The molecule has 0 spiro atoms. The van der Waals surface area contributed by atoms with Crippen molar-refractivity contribution in [1.29, 1.82) is 0 Å². The molecule has 4 nitrogen and oxygen atoms in total. The lowest BCUT2D eigenvalue weighted by molar-refractivity contribution is 0.103. The van der Waals surface area contributed by atoms with E-state index >= 15 is 0 Å². The molecule has 1 aliphatic rings. The van der Waals surface area contributed by atoms with Crippen molar-refractivity contribution in [3.8, 4) is 0 Å². The third-order valence-corrected chi connectivity index (χ3v) is 4.75. The molecule has 0 radical (unpaired) electrons. The van der Waals surface area contributed by atoms with E-state index in [4.69, 9.17) is 5.73 Å². The standard InChI is InChI=1S/C15H34N4/c1-5-19-12-6-8-15(14-16,9-13-19)18(4)11-7-10-17(2)3/h5-14,16H2,1-4H3. The van der Waals surface area contributed by atoms with E-state index in [2.05, 4.69) is 42.8 Å². The van der Waals surface area contributed by atoms with Crippen LogP contribution in [-0.4, -0.2) is 80.7 Å². The molecule has 0 aromatic carbocycles. The first-order valence-corrected chi connectivity index (χ1v) is 7.82. The van der Waals surface area contributed by atoms with Crippen LogP contribution in [0.1, 0.15) is 32.6 Å². The van der Waals surface area contributed by atoms with Gasteiger partial charge in [-0.2, -0.15) is 0 Å². The van der Waals surface area contributed by atoms with Gasteiger partial charge in [-0.25, -0.2) is 0 Å². The average Bonchev–Trinajstić information content (AvgIpc) is 2.61. The van der Waals surface area contributed by atoms with Crippen molar-refractivity contribution in [2.45, 2.75) is 38.1 Å². The molecule has 1 saturated heterocycles. The highest BCUT2D eigenvalue weighted by atomic mass is 15.2. The monoisotopic (exact) mass is 270 g/mol. The summed E-state index contributed by atoms with van der Waals surface area (Å²) in [5.41, 5.74) is 6.39. The second kappa shape index (κ2) is 8.20. The highest BCUT2D eigenvalue weighted by molar-refractivity contribution is 4.93. The molecule has 0 bridgehead atoms. The van der Waals surface area contributed by atoms with Gasteiger partial charge in [0.15, 0.2) is 0 Å². The van der Waals surface area contributed by atoms with Crippen LogP contribution in [0.25, 0.3) is 0 Å². The molecule has 1 atom stereocenters. The van der Waals surface area contributed by atoms with Crippen LogP contribution < -0.4 is 5.73 Å². The first-order valence-electron chi connectivity index (χ1n) is 7.82. The Morgan fingerprint density at radius 2 is 1.84 bits per heavy atom. The fourth-order valence-corrected chi connectivity index (χ4v) is 3.15. The van der Waals surface area contributed by atoms with Crippen molar-refractivity contribution < 1.29 is 0 Å². The van der Waals surface area contributed by atoms with E-state index in [0.717, 1.165) is 19.6 Å². The molecule has 0 amide bonds. The lowest BCUT2D eigenvalue weighted by Crippen LogP contribution is -2.53. The Kier molecular flexibility index (Phi) is 7.29. The average molecular weight is 270 g/mol. The summed E-state index contributed by atoms with van der Waals surface area (Å²) >= 11 is 0. The Morgan fingerprint density at radius 3 is 2.42 bits per heavy atom. The molecule has 1 aliphatic heterocycles. The molecule has 4 heteroatoms. The van der Waals surface area contributed by atoms with Gasteiger partial charge in [-0.15, -0.1) is 0 Å². The number of nitrogens with two attached hydrogens (primary N) is 1. The fraction of sp³-hybridized carbons (Fsp3) is 1.00. The number of nitrogens with zero attached hydrogens (tertiary/aromatic N) is 3. The van der Waals surface area contributed by atoms with E-state index in [-0.39, 0.29) is 5.54 Å². The summed E-state index contributed by atoms with van der Waals surface area (Å²) in [6.45, 7) is 8.98. The Labute approximate surface area is 119 Å². The SMILES string of the molecule is CCN1CCCC(CN)(N(C)CCCN(C)C)CC1. The van der Waals surface area contributed by atoms with Gasteiger partial charge in [0.2, 0.25) is 0 Å². The molecular weight excluding hydrogens is 236 g/mol. The van der Waals surface area contributed by atoms with E-state index < -0.39 is 0 Å². The van der Waals surface area contributed by atoms with Gasteiger partial charge in [0, 0.05) is 12.1 Å². The third kappa shape index (κ3) is 5.03. The molecular formula is C15H34N4. The van der Waals surface area contributed by atoms with Crippen LogP contribution in [0.5, 0.6) is 0 Å². The molecule has 1 heterocycles. The highest BCUT2D eigenvalue weighted by Gasteiger charge is 2.34. The van der Waals surface area contributed by atoms with Crippen LogP contribution in [0.15, 0.2) is 0 Å². The van der Waals surface area contributed by atoms with Gasteiger partial charge in [0.05, 0.1) is 0 Å². The Bertz CT molecular complexity index is 244. The predicted octanol–water partition coefficient (Wildman–Crippen LogP) is 1.07. The number of likely N-dealkylation sites (N-methyl/N-ethyl adjacent to an activating group) is 1. The lowest BCUT2D eigenvalue weighted by Gasteiger charge is -2.41. The number of hydrogen-bond donors (Lipinski definition) is 1. The predicted molar refractivity (Wildman–Crippen MR) is 83.6 cm³/mol. The van der Waals surface area contributed by atoms with Crippen molar-refractivity contribution in [2.75, 3.05) is 60.4 Å². The number of rotatable bonds is 7. The van der Waals surface area contributed by atoms with Gasteiger partial charge >= 0.3 is 0 Å². The van der Waals surface area contributed by atoms with Crippen LogP contribution >= 0.6 is 0 Å². The van der Waals surface area contributed by atoms with Gasteiger partial charge in [0.25, 0.3) is 0 Å². The maximum atomic E-state index is 6.16. The molecule has 0 aromatic rings. The number of hydrogen-bond acceptors (Lipinski definition) is 4. The van der Waals surface area contributed by atoms with Gasteiger partial charge in [-0.3, -0.25) is 4.90 Å². The third-order valence-electron chi connectivity index (χ3n) is 4.75. The highest BCUT2D eigenvalue weighted by Crippen LogP contribution is 2.27. The summed E-state index contributed by atoms with van der Waals surface area (Å²) in [6, 6.07) is 0. The van der Waals surface area contributed by atoms with Crippen LogP contribution in [0.4, 0.5) is 0 Å². The molecule has 19 heavy (non-hydrogen) atoms. The minimum Gasteiger partial charge on any atom is -0.329 e.